The number of rotatable bonds is 5. The summed E-state index contributed by atoms with van der Waals surface area (Å²) in [5.74, 6) is -2.36. The maximum absolute atomic E-state index is 14.6. The van der Waals surface area contributed by atoms with Crippen molar-refractivity contribution in [2.75, 3.05) is 5.32 Å². The van der Waals surface area contributed by atoms with E-state index in [0.29, 0.717) is 37.4 Å². The van der Waals surface area contributed by atoms with E-state index in [4.69, 9.17) is 40.2 Å². The van der Waals surface area contributed by atoms with E-state index in [1.165, 1.54) is 26.0 Å². The molecule has 0 saturated carbocycles. The molecule has 1 saturated heterocycles. The van der Waals surface area contributed by atoms with Crippen LogP contribution in [0.15, 0.2) is 54.6 Å². The molecule has 2 heterocycles. The molecule has 2 aliphatic rings. The van der Waals surface area contributed by atoms with Crippen molar-refractivity contribution < 1.29 is 23.8 Å². The number of carbonyl (C=O) groups excluding carboxylic acids is 1. The number of anilines is 1. The number of benzene rings is 3. The van der Waals surface area contributed by atoms with E-state index in [2.05, 4.69) is 10.6 Å². The molecule has 10 heteroatoms. The van der Waals surface area contributed by atoms with Crippen molar-refractivity contribution in [1.29, 1.82) is 0 Å². The first kappa shape index (κ1) is 27.4. The number of ether oxygens (including phenoxy) is 1. The first-order chi connectivity index (χ1) is 18.3. The molecule has 5 rings (SSSR count). The molecule has 6 nitrogen and oxygen atoms in total. The Bertz CT molecular complexity index is 1550. The van der Waals surface area contributed by atoms with Crippen molar-refractivity contribution in [2.45, 2.75) is 50.2 Å². The van der Waals surface area contributed by atoms with Gasteiger partial charge in [0.05, 0.1) is 11.0 Å². The van der Waals surface area contributed by atoms with Crippen LogP contribution in [-0.4, -0.2) is 27.6 Å². The van der Waals surface area contributed by atoms with Gasteiger partial charge in [0, 0.05) is 33.6 Å². The highest BCUT2D eigenvalue weighted by Crippen LogP contribution is 2.59. The fraction of sp³-hybridized carbons (Fsp3) is 0.276. The van der Waals surface area contributed by atoms with Crippen molar-refractivity contribution in [1.82, 2.24) is 5.32 Å². The van der Waals surface area contributed by atoms with E-state index < -0.39 is 34.8 Å². The fourth-order valence-corrected chi connectivity index (χ4v) is 6.28. The number of carboxylic acids is 1. The standard InChI is InChI=1S/C29H25Cl2FN2O4S/c1-14-4-7-17(32)12-18(14)25-29(20-8-5-16(31)11-22(20)33-26(29)35)21(13-24(39)34-25)19-10-15(30)6-9-23(19)38-28(2,3)27(36)37/h4-12,21,25H,13H2,1-3H3,(H,33,35)(H,34,39)(H,36,37). The van der Waals surface area contributed by atoms with Crippen LogP contribution in [0.25, 0.3) is 0 Å². The third-order valence-electron chi connectivity index (χ3n) is 7.53. The number of hydrogen-bond acceptors (Lipinski definition) is 4. The second-order valence-electron chi connectivity index (χ2n) is 10.4. The van der Waals surface area contributed by atoms with Gasteiger partial charge in [0.15, 0.2) is 5.60 Å². The van der Waals surface area contributed by atoms with Gasteiger partial charge in [0.1, 0.15) is 17.0 Å². The third kappa shape index (κ3) is 4.54. The predicted molar refractivity (Wildman–Crippen MR) is 153 cm³/mol. The van der Waals surface area contributed by atoms with E-state index in [9.17, 15) is 19.1 Å². The number of thiocarbonyl (C=S) groups is 1. The quantitative estimate of drug-likeness (QED) is 0.288. The van der Waals surface area contributed by atoms with Crippen LogP contribution in [0.5, 0.6) is 5.75 Å². The van der Waals surface area contributed by atoms with Crippen LogP contribution in [-0.2, 0) is 15.0 Å². The van der Waals surface area contributed by atoms with Crippen LogP contribution in [0.4, 0.5) is 10.1 Å². The molecule has 3 unspecified atom stereocenters. The Hall–Kier alpha value is -3.20. The predicted octanol–water partition coefficient (Wildman–Crippen LogP) is 6.72. The zero-order valence-corrected chi connectivity index (χ0v) is 23.6. The van der Waals surface area contributed by atoms with E-state index in [-0.39, 0.29) is 18.1 Å². The molecular formula is C29H25Cl2FN2O4S. The molecule has 202 valence electrons. The fourth-order valence-electron chi connectivity index (χ4n) is 5.65. The number of aliphatic carboxylic acids is 1. The topological polar surface area (TPSA) is 87.7 Å². The zero-order chi connectivity index (χ0) is 28.3. The number of carbonyl (C=O) groups is 2. The van der Waals surface area contributed by atoms with Gasteiger partial charge in [0.2, 0.25) is 5.91 Å². The minimum Gasteiger partial charge on any atom is -0.478 e. The van der Waals surface area contributed by atoms with Gasteiger partial charge in [-0.25, -0.2) is 9.18 Å². The van der Waals surface area contributed by atoms with Crippen LogP contribution in [0, 0.1) is 12.7 Å². The summed E-state index contributed by atoms with van der Waals surface area (Å²) in [6.45, 7) is 4.72. The zero-order valence-electron chi connectivity index (χ0n) is 21.3. The molecule has 0 aromatic heterocycles. The molecule has 0 aliphatic carbocycles. The monoisotopic (exact) mass is 586 g/mol. The Morgan fingerprint density at radius 2 is 1.79 bits per heavy atom. The third-order valence-corrected chi connectivity index (χ3v) is 8.29. The molecule has 0 bridgehead atoms. The number of halogens is 3. The molecule has 1 amide bonds. The van der Waals surface area contributed by atoms with Gasteiger partial charge in [-0.15, -0.1) is 0 Å². The summed E-state index contributed by atoms with van der Waals surface area (Å²) in [4.78, 5) is 26.7. The normalized spacial score (nSPS) is 22.3. The van der Waals surface area contributed by atoms with Crippen LogP contribution < -0.4 is 15.4 Å². The molecule has 3 aromatic carbocycles. The van der Waals surface area contributed by atoms with Crippen molar-refractivity contribution >= 4 is 58.0 Å². The Kier molecular flexibility index (Phi) is 6.85. The average molecular weight is 588 g/mol. The lowest BCUT2D eigenvalue weighted by molar-refractivity contribution is -0.152. The molecule has 3 N–H and O–H groups in total. The van der Waals surface area contributed by atoms with Crippen molar-refractivity contribution in [3.8, 4) is 5.75 Å². The van der Waals surface area contributed by atoms with Crippen LogP contribution in [0.2, 0.25) is 10.0 Å². The Morgan fingerprint density at radius 3 is 2.51 bits per heavy atom. The molecule has 39 heavy (non-hydrogen) atoms. The summed E-state index contributed by atoms with van der Waals surface area (Å²) in [5, 5.41) is 16.9. The number of fused-ring (bicyclic) bond motifs is 2. The number of carboxylic acid groups (broad SMARTS) is 1. The highest BCUT2D eigenvalue weighted by Gasteiger charge is 2.61. The second-order valence-corrected chi connectivity index (χ2v) is 11.7. The van der Waals surface area contributed by atoms with E-state index in [1.807, 2.05) is 6.92 Å². The van der Waals surface area contributed by atoms with E-state index in [1.54, 1.807) is 42.5 Å². The maximum Gasteiger partial charge on any atom is 0.347 e. The molecule has 0 radical (unpaired) electrons. The molecule has 3 aromatic rings. The van der Waals surface area contributed by atoms with E-state index >= 15 is 0 Å². The lowest BCUT2D eigenvalue weighted by atomic mass is 9.59. The summed E-state index contributed by atoms with van der Waals surface area (Å²) < 4.78 is 20.7. The van der Waals surface area contributed by atoms with Crippen LogP contribution >= 0.6 is 35.4 Å². The van der Waals surface area contributed by atoms with Gasteiger partial charge in [-0.3, -0.25) is 4.79 Å². The molecular weight excluding hydrogens is 562 g/mol. The average Bonchev–Trinajstić information content (AvgIpc) is 3.14. The number of piperidine rings is 1. The number of amides is 1. The van der Waals surface area contributed by atoms with Gasteiger partial charge in [0.25, 0.3) is 0 Å². The Morgan fingerprint density at radius 1 is 1.10 bits per heavy atom. The van der Waals surface area contributed by atoms with Gasteiger partial charge >= 0.3 is 5.97 Å². The number of nitrogens with one attached hydrogen (secondary N) is 2. The number of aryl methyl sites for hydroxylation is 1. The Labute approximate surface area is 240 Å². The van der Waals surface area contributed by atoms with Crippen molar-refractivity contribution in [3.05, 3.63) is 92.7 Å². The van der Waals surface area contributed by atoms with Gasteiger partial charge < -0.3 is 20.5 Å². The highest BCUT2D eigenvalue weighted by atomic mass is 35.5. The smallest absolute Gasteiger partial charge is 0.347 e. The van der Waals surface area contributed by atoms with Crippen LogP contribution in [0.1, 0.15) is 54.5 Å². The molecule has 3 atom stereocenters. The number of hydrogen-bond donors (Lipinski definition) is 3. The summed E-state index contributed by atoms with van der Waals surface area (Å²) in [6, 6.07) is 13.7. The lowest BCUT2D eigenvalue weighted by Crippen LogP contribution is -2.56. The largest absolute Gasteiger partial charge is 0.478 e. The lowest BCUT2D eigenvalue weighted by Gasteiger charge is -2.48. The highest BCUT2D eigenvalue weighted by molar-refractivity contribution is 7.80. The van der Waals surface area contributed by atoms with Gasteiger partial charge in [-0.2, -0.15) is 0 Å². The molecule has 1 fully saturated rings. The summed E-state index contributed by atoms with van der Waals surface area (Å²) in [7, 11) is 0. The van der Waals surface area contributed by atoms with Crippen molar-refractivity contribution in [3.63, 3.8) is 0 Å². The molecule has 1 spiro atoms. The maximum atomic E-state index is 14.6. The first-order valence-electron chi connectivity index (χ1n) is 12.2. The van der Waals surface area contributed by atoms with Crippen LogP contribution in [0.3, 0.4) is 0 Å². The van der Waals surface area contributed by atoms with Gasteiger partial charge in [-0.1, -0.05) is 47.6 Å². The second kappa shape index (κ2) is 9.77. The molecule has 2 aliphatic heterocycles. The first-order valence-corrected chi connectivity index (χ1v) is 13.4. The summed E-state index contributed by atoms with van der Waals surface area (Å²) in [6.07, 6.45) is 0.222. The summed E-state index contributed by atoms with van der Waals surface area (Å²) in [5.41, 5.74) is 0.0900. The SMILES string of the molecule is Cc1ccc(F)cc1C1NC(=S)CC(c2cc(Cl)ccc2OC(C)(C)C(=O)O)C12C(=O)Nc1cc(Cl)ccc12. The van der Waals surface area contributed by atoms with Gasteiger partial charge in [-0.05, 0) is 79.9 Å². The van der Waals surface area contributed by atoms with Crippen molar-refractivity contribution in [2.24, 2.45) is 0 Å². The minimum atomic E-state index is -1.58. The van der Waals surface area contributed by atoms with E-state index in [0.717, 1.165) is 5.56 Å². The Balaban J connectivity index is 1.82. The minimum absolute atomic E-state index is 0.222. The summed E-state index contributed by atoms with van der Waals surface area (Å²) >= 11 is 18.5.